The van der Waals surface area contributed by atoms with E-state index in [1.54, 1.807) is 12.1 Å². The molecular formula is C14H19BrN2O3. The highest BCUT2D eigenvalue weighted by atomic mass is 79.9. The van der Waals surface area contributed by atoms with Crippen molar-refractivity contribution >= 4 is 27.7 Å². The van der Waals surface area contributed by atoms with Crippen LogP contribution in [0, 0.1) is 5.92 Å². The molecule has 1 saturated carbocycles. The van der Waals surface area contributed by atoms with E-state index in [9.17, 15) is 9.59 Å². The van der Waals surface area contributed by atoms with Gasteiger partial charge in [-0.1, -0.05) is 19.8 Å². The van der Waals surface area contributed by atoms with Crippen LogP contribution in [0.4, 0.5) is 0 Å². The van der Waals surface area contributed by atoms with Crippen molar-refractivity contribution in [2.24, 2.45) is 5.92 Å². The van der Waals surface area contributed by atoms with Gasteiger partial charge in [0.2, 0.25) is 5.91 Å². The van der Waals surface area contributed by atoms with E-state index in [4.69, 9.17) is 4.42 Å². The smallest absolute Gasteiger partial charge is 0.287 e. The summed E-state index contributed by atoms with van der Waals surface area (Å²) in [6.07, 6.45) is 4.56. The van der Waals surface area contributed by atoms with Crippen LogP contribution in [-0.4, -0.2) is 24.4 Å². The fraction of sp³-hybridized carbons (Fsp3) is 0.571. The lowest BCUT2D eigenvalue weighted by Crippen LogP contribution is -2.45. The molecule has 2 atom stereocenters. The first-order valence-corrected chi connectivity index (χ1v) is 7.68. The third-order valence-electron chi connectivity index (χ3n) is 3.66. The molecule has 0 aromatic carbocycles. The van der Waals surface area contributed by atoms with E-state index in [1.165, 1.54) is 6.42 Å². The molecule has 0 saturated heterocycles. The van der Waals surface area contributed by atoms with Crippen molar-refractivity contribution in [2.75, 3.05) is 6.54 Å². The fourth-order valence-electron chi connectivity index (χ4n) is 2.47. The number of halogens is 1. The summed E-state index contributed by atoms with van der Waals surface area (Å²) in [4.78, 5) is 23.5. The lowest BCUT2D eigenvalue weighted by molar-refractivity contribution is -0.121. The first-order valence-electron chi connectivity index (χ1n) is 6.89. The van der Waals surface area contributed by atoms with Gasteiger partial charge in [0.1, 0.15) is 0 Å². The van der Waals surface area contributed by atoms with Crippen molar-refractivity contribution in [1.82, 2.24) is 10.6 Å². The second kappa shape index (κ2) is 6.92. The largest absolute Gasteiger partial charge is 0.444 e. The van der Waals surface area contributed by atoms with Gasteiger partial charge in [-0.25, -0.2) is 0 Å². The molecule has 1 aromatic heterocycles. The molecule has 20 heavy (non-hydrogen) atoms. The van der Waals surface area contributed by atoms with Crippen molar-refractivity contribution in [1.29, 1.82) is 0 Å². The summed E-state index contributed by atoms with van der Waals surface area (Å²) in [5.41, 5.74) is 0. The highest BCUT2D eigenvalue weighted by molar-refractivity contribution is 9.10. The number of furan rings is 1. The van der Waals surface area contributed by atoms with Crippen LogP contribution in [-0.2, 0) is 4.79 Å². The first kappa shape index (κ1) is 15.1. The topological polar surface area (TPSA) is 71.3 Å². The Morgan fingerprint density at radius 2 is 2.10 bits per heavy atom. The van der Waals surface area contributed by atoms with Gasteiger partial charge in [-0.3, -0.25) is 9.59 Å². The Labute approximate surface area is 126 Å². The van der Waals surface area contributed by atoms with Crippen LogP contribution in [0.25, 0.3) is 0 Å². The zero-order valence-electron chi connectivity index (χ0n) is 11.4. The Bertz CT molecular complexity index is 487. The summed E-state index contributed by atoms with van der Waals surface area (Å²) >= 11 is 3.13. The number of nitrogens with one attached hydrogen (secondary N) is 2. The Balaban J connectivity index is 1.76. The molecule has 0 bridgehead atoms. The number of amides is 2. The van der Waals surface area contributed by atoms with Gasteiger partial charge in [0.25, 0.3) is 5.91 Å². The SMILES string of the molecule is CC1CCCCC1NC(=O)CNC(=O)c1ccc(Br)o1. The van der Waals surface area contributed by atoms with Gasteiger partial charge in [-0.05, 0) is 46.8 Å². The number of carbonyl (C=O) groups is 2. The van der Waals surface area contributed by atoms with Crippen molar-refractivity contribution in [3.63, 3.8) is 0 Å². The summed E-state index contributed by atoms with van der Waals surface area (Å²) in [5, 5.41) is 5.54. The molecule has 1 aliphatic rings. The van der Waals surface area contributed by atoms with E-state index in [-0.39, 0.29) is 30.2 Å². The zero-order chi connectivity index (χ0) is 14.5. The van der Waals surface area contributed by atoms with Gasteiger partial charge in [0.15, 0.2) is 10.4 Å². The van der Waals surface area contributed by atoms with Crippen LogP contribution in [0.5, 0.6) is 0 Å². The number of hydrogen-bond donors (Lipinski definition) is 2. The Morgan fingerprint density at radius 3 is 2.75 bits per heavy atom. The predicted molar refractivity (Wildman–Crippen MR) is 78.3 cm³/mol. The normalized spacial score (nSPS) is 22.3. The maximum absolute atomic E-state index is 11.8. The summed E-state index contributed by atoms with van der Waals surface area (Å²) in [7, 11) is 0. The molecule has 0 aliphatic heterocycles. The fourth-order valence-corrected chi connectivity index (χ4v) is 2.78. The van der Waals surface area contributed by atoms with E-state index in [0.29, 0.717) is 10.6 Å². The number of rotatable bonds is 4. The molecule has 1 aliphatic carbocycles. The molecule has 1 fully saturated rings. The predicted octanol–water partition coefficient (Wildman–Crippen LogP) is 2.47. The average molecular weight is 343 g/mol. The van der Waals surface area contributed by atoms with E-state index in [0.717, 1.165) is 19.3 Å². The monoisotopic (exact) mass is 342 g/mol. The van der Waals surface area contributed by atoms with E-state index < -0.39 is 0 Å². The van der Waals surface area contributed by atoms with Crippen LogP contribution in [0.1, 0.15) is 43.2 Å². The van der Waals surface area contributed by atoms with Gasteiger partial charge in [0.05, 0.1) is 6.54 Å². The minimum Gasteiger partial charge on any atom is -0.444 e. The van der Waals surface area contributed by atoms with Gasteiger partial charge >= 0.3 is 0 Å². The van der Waals surface area contributed by atoms with Crippen molar-refractivity contribution < 1.29 is 14.0 Å². The Morgan fingerprint density at radius 1 is 1.35 bits per heavy atom. The Hall–Kier alpha value is -1.30. The van der Waals surface area contributed by atoms with Crippen molar-refractivity contribution in [3.05, 3.63) is 22.6 Å². The number of hydrogen-bond acceptors (Lipinski definition) is 3. The molecule has 0 radical (unpaired) electrons. The van der Waals surface area contributed by atoms with Crippen LogP contribution >= 0.6 is 15.9 Å². The molecule has 2 rings (SSSR count). The first-order chi connectivity index (χ1) is 9.56. The molecule has 6 heteroatoms. The average Bonchev–Trinajstić information content (AvgIpc) is 2.85. The molecule has 2 amide bonds. The van der Waals surface area contributed by atoms with Crippen LogP contribution in [0.3, 0.4) is 0 Å². The third-order valence-corrected chi connectivity index (χ3v) is 4.09. The van der Waals surface area contributed by atoms with Gasteiger partial charge < -0.3 is 15.1 Å². The van der Waals surface area contributed by atoms with Crippen molar-refractivity contribution in [2.45, 2.75) is 38.6 Å². The van der Waals surface area contributed by atoms with Gasteiger partial charge in [0, 0.05) is 6.04 Å². The van der Waals surface area contributed by atoms with E-state index in [1.807, 2.05) is 0 Å². The second-order valence-electron chi connectivity index (χ2n) is 5.22. The van der Waals surface area contributed by atoms with Gasteiger partial charge in [-0.15, -0.1) is 0 Å². The molecule has 2 N–H and O–H groups in total. The molecule has 1 heterocycles. The lowest BCUT2D eigenvalue weighted by Gasteiger charge is -2.29. The summed E-state index contributed by atoms with van der Waals surface area (Å²) in [6.45, 7) is 2.13. The molecule has 1 aromatic rings. The van der Waals surface area contributed by atoms with Crippen LogP contribution in [0.2, 0.25) is 0 Å². The summed E-state index contributed by atoms with van der Waals surface area (Å²) in [6, 6.07) is 3.42. The molecule has 5 nitrogen and oxygen atoms in total. The summed E-state index contributed by atoms with van der Waals surface area (Å²) in [5.74, 6) is 0.158. The van der Waals surface area contributed by atoms with Gasteiger partial charge in [-0.2, -0.15) is 0 Å². The second-order valence-corrected chi connectivity index (χ2v) is 6.00. The van der Waals surface area contributed by atoms with Crippen LogP contribution < -0.4 is 10.6 Å². The van der Waals surface area contributed by atoms with E-state index in [2.05, 4.69) is 33.5 Å². The lowest BCUT2D eigenvalue weighted by atomic mass is 9.86. The zero-order valence-corrected chi connectivity index (χ0v) is 13.0. The van der Waals surface area contributed by atoms with E-state index >= 15 is 0 Å². The maximum Gasteiger partial charge on any atom is 0.287 e. The quantitative estimate of drug-likeness (QED) is 0.882. The van der Waals surface area contributed by atoms with Crippen LogP contribution in [0.15, 0.2) is 21.2 Å². The standard InChI is InChI=1S/C14H19BrN2O3/c1-9-4-2-3-5-10(9)17-13(18)8-16-14(19)11-6-7-12(15)20-11/h6-7,9-10H,2-5,8H2,1H3,(H,16,19)(H,17,18). The maximum atomic E-state index is 11.8. The Kier molecular flexibility index (Phi) is 5.23. The minimum absolute atomic E-state index is 0.0274. The summed E-state index contributed by atoms with van der Waals surface area (Å²) < 4.78 is 5.61. The minimum atomic E-state index is -0.387. The number of carbonyl (C=O) groups excluding carboxylic acids is 2. The highest BCUT2D eigenvalue weighted by Crippen LogP contribution is 2.23. The molecule has 2 unspecified atom stereocenters. The van der Waals surface area contributed by atoms with Crippen molar-refractivity contribution in [3.8, 4) is 0 Å². The third kappa shape index (κ3) is 4.10. The molecular weight excluding hydrogens is 324 g/mol. The molecule has 0 spiro atoms. The highest BCUT2D eigenvalue weighted by Gasteiger charge is 2.23. The molecule has 110 valence electrons.